The summed E-state index contributed by atoms with van der Waals surface area (Å²) in [6.07, 6.45) is 1.45. The molecule has 0 radical (unpaired) electrons. The molecule has 2 amide bonds. The molecule has 2 heterocycles. The molecule has 32 heavy (non-hydrogen) atoms. The Balaban J connectivity index is 1.45. The maximum Gasteiger partial charge on any atom is 0.274 e. The summed E-state index contributed by atoms with van der Waals surface area (Å²) in [5.41, 5.74) is 6.36. The van der Waals surface area contributed by atoms with Gasteiger partial charge in [-0.2, -0.15) is 5.10 Å². The second kappa shape index (κ2) is 8.68. The Bertz CT molecular complexity index is 1380. The van der Waals surface area contributed by atoms with Gasteiger partial charge in [0.15, 0.2) is 0 Å². The van der Waals surface area contributed by atoms with Crippen molar-refractivity contribution in [3.05, 3.63) is 88.5 Å². The molecule has 3 N–H and O–H groups in total. The molecule has 0 saturated heterocycles. The van der Waals surface area contributed by atoms with Crippen molar-refractivity contribution >= 4 is 28.3 Å². The number of benzene rings is 2. The Labute approximate surface area is 182 Å². The lowest BCUT2D eigenvalue weighted by Gasteiger charge is -2.09. The number of amides is 2. The van der Waals surface area contributed by atoms with Gasteiger partial charge in [0.05, 0.1) is 29.4 Å². The summed E-state index contributed by atoms with van der Waals surface area (Å²) in [7, 11) is 1.55. The first kappa shape index (κ1) is 20.7. The van der Waals surface area contributed by atoms with Crippen LogP contribution >= 0.6 is 0 Å². The highest BCUT2D eigenvalue weighted by Gasteiger charge is 2.13. The van der Waals surface area contributed by atoms with E-state index in [2.05, 4.69) is 15.4 Å². The molecule has 4 rings (SSSR count). The molecule has 9 heteroatoms. The number of aromatic nitrogens is 3. The van der Waals surface area contributed by atoms with Gasteiger partial charge in [0.25, 0.3) is 5.56 Å². The number of rotatable bonds is 6. The molecule has 0 aliphatic carbocycles. The van der Waals surface area contributed by atoms with E-state index in [0.29, 0.717) is 33.5 Å². The Hall–Kier alpha value is -4.53. The third-order valence-corrected chi connectivity index (χ3v) is 4.72. The second-order valence-electron chi connectivity index (χ2n) is 7.03. The highest BCUT2D eigenvalue weighted by atomic mass is 16.5. The van der Waals surface area contributed by atoms with Gasteiger partial charge in [0.1, 0.15) is 5.75 Å². The second-order valence-corrected chi connectivity index (χ2v) is 7.03. The maximum atomic E-state index is 12.6. The largest absolute Gasteiger partial charge is 0.439 e. The lowest BCUT2D eigenvalue weighted by molar-refractivity contribution is -0.115. The minimum atomic E-state index is -0.553. The van der Waals surface area contributed by atoms with E-state index in [-0.39, 0.29) is 23.8 Å². The van der Waals surface area contributed by atoms with Crippen molar-refractivity contribution in [3.63, 3.8) is 0 Å². The molecule has 0 atom stereocenters. The molecular formula is C23H19N5O4. The molecule has 0 unspecified atom stereocenters. The Morgan fingerprint density at radius 2 is 1.84 bits per heavy atom. The van der Waals surface area contributed by atoms with Crippen LogP contribution in [-0.4, -0.2) is 26.6 Å². The van der Waals surface area contributed by atoms with E-state index in [1.165, 1.54) is 16.9 Å². The van der Waals surface area contributed by atoms with Crippen LogP contribution in [0.15, 0.2) is 71.7 Å². The fraction of sp³-hybridized carbons (Fsp3) is 0.0870. The number of hydrogen-bond acceptors (Lipinski definition) is 6. The van der Waals surface area contributed by atoms with Crippen LogP contribution < -0.4 is 21.3 Å². The highest BCUT2D eigenvalue weighted by Crippen LogP contribution is 2.22. The number of carbonyl (C=O) groups is 2. The number of pyridine rings is 1. The molecule has 2 aromatic carbocycles. The third kappa shape index (κ3) is 4.46. The van der Waals surface area contributed by atoms with Gasteiger partial charge in [-0.15, -0.1) is 0 Å². The van der Waals surface area contributed by atoms with Crippen LogP contribution in [0.1, 0.15) is 16.1 Å². The van der Waals surface area contributed by atoms with Gasteiger partial charge in [-0.05, 0) is 30.3 Å². The first-order valence-corrected chi connectivity index (χ1v) is 9.69. The number of primary amides is 1. The van der Waals surface area contributed by atoms with Crippen molar-refractivity contribution in [2.45, 2.75) is 6.42 Å². The van der Waals surface area contributed by atoms with E-state index in [1.54, 1.807) is 61.6 Å². The van der Waals surface area contributed by atoms with Gasteiger partial charge >= 0.3 is 0 Å². The zero-order valence-corrected chi connectivity index (χ0v) is 17.1. The van der Waals surface area contributed by atoms with Crippen LogP contribution in [0.5, 0.6) is 11.6 Å². The fourth-order valence-corrected chi connectivity index (χ4v) is 3.21. The zero-order valence-electron chi connectivity index (χ0n) is 17.1. The number of nitrogens with one attached hydrogen (secondary N) is 1. The maximum absolute atomic E-state index is 12.6. The van der Waals surface area contributed by atoms with E-state index in [0.717, 1.165) is 0 Å². The van der Waals surface area contributed by atoms with Crippen molar-refractivity contribution < 1.29 is 14.3 Å². The summed E-state index contributed by atoms with van der Waals surface area (Å²) in [4.78, 5) is 40.2. The standard InChI is InChI=1S/C23H19N5O4/c1-28-23(31)18-8-3-2-7-17(18)19(27-28)12-20(29)26-15-9-10-21(25-13-15)32-16-6-4-5-14(11-16)22(24)30/h2-11,13H,12H2,1H3,(H2,24,30)(H,26,29). The molecule has 0 saturated carbocycles. The fourth-order valence-electron chi connectivity index (χ4n) is 3.21. The Morgan fingerprint density at radius 3 is 2.56 bits per heavy atom. The van der Waals surface area contributed by atoms with Crippen molar-refractivity contribution in [1.29, 1.82) is 0 Å². The molecule has 4 aromatic rings. The van der Waals surface area contributed by atoms with Gasteiger partial charge in [0.2, 0.25) is 17.7 Å². The predicted octanol–water partition coefficient (Wildman–Crippen LogP) is 2.40. The van der Waals surface area contributed by atoms with Gasteiger partial charge in [0, 0.05) is 24.1 Å². The SMILES string of the molecule is Cn1nc(CC(=O)Nc2ccc(Oc3cccc(C(N)=O)c3)nc2)c2ccccc2c1=O. The van der Waals surface area contributed by atoms with Crippen LogP contribution in [-0.2, 0) is 18.3 Å². The molecule has 2 aromatic heterocycles. The summed E-state index contributed by atoms with van der Waals surface area (Å²) in [6.45, 7) is 0. The summed E-state index contributed by atoms with van der Waals surface area (Å²) in [5.74, 6) is -0.151. The van der Waals surface area contributed by atoms with Crippen molar-refractivity contribution in [2.75, 3.05) is 5.32 Å². The summed E-state index contributed by atoms with van der Waals surface area (Å²) in [5, 5.41) is 8.15. The van der Waals surface area contributed by atoms with Crippen LogP contribution in [0, 0.1) is 0 Å². The van der Waals surface area contributed by atoms with E-state index in [1.807, 2.05) is 0 Å². The highest BCUT2D eigenvalue weighted by molar-refractivity contribution is 5.95. The monoisotopic (exact) mass is 429 g/mol. The molecule has 160 valence electrons. The van der Waals surface area contributed by atoms with E-state index >= 15 is 0 Å². The molecule has 9 nitrogen and oxygen atoms in total. The molecule has 0 bridgehead atoms. The average Bonchev–Trinajstić information content (AvgIpc) is 2.79. The van der Waals surface area contributed by atoms with Crippen LogP contribution in [0.2, 0.25) is 0 Å². The van der Waals surface area contributed by atoms with Crippen molar-refractivity contribution in [2.24, 2.45) is 12.8 Å². The summed E-state index contributed by atoms with van der Waals surface area (Å²) >= 11 is 0. The van der Waals surface area contributed by atoms with Gasteiger partial charge < -0.3 is 15.8 Å². The molecule has 0 aliphatic rings. The van der Waals surface area contributed by atoms with E-state index < -0.39 is 5.91 Å². The number of hydrogen-bond donors (Lipinski definition) is 2. The van der Waals surface area contributed by atoms with Crippen LogP contribution in [0.3, 0.4) is 0 Å². The van der Waals surface area contributed by atoms with Crippen molar-refractivity contribution in [1.82, 2.24) is 14.8 Å². The number of nitrogens with two attached hydrogens (primary N) is 1. The van der Waals surface area contributed by atoms with Crippen molar-refractivity contribution in [3.8, 4) is 11.6 Å². The minimum Gasteiger partial charge on any atom is -0.439 e. The number of nitrogens with zero attached hydrogens (tertiary/aromatic N) is 3. The predicted molar refractivity (Wildman–Crippen MR) is 119 cm³/mol. The summed E-state index contributed by atoms with van der Waals surface area (Å²) < 4.78 is 6.85. The first-order valence-electron chi connectivity index (χ1n) is 9.69. The number of aryl methyl sites for hydroxylation is 1. The van der Waals surface area contributed by atoms with E-state index in [4.69, 9.17) is 10.5 Å². The lowest BCUT2D eigenvalue weighted by atomic mass is 10.1. The Morgan fingerprint density at radius 1 is 1.06 bits per heavy atom. The third-order valence-electron chi connectivity index (χ3n) is 4.72. The van der Waals surface area contributed by atoms with Gasteiger partial charge in [-0.3, -0.25) is 14.4 Å². The Kier molecular flexibility index (Phi) is 5.63. The molecule has 0 fully saturated rings. The quantitative estimate of drug-likeness (QED) is 0.484. The topological polar surface area (TPSA) is 129 Å². The van der Waals surface area contributed by atoms with E-state index in [9.17, 15) is 14.4 Å². The van der Waals surface area contributed by atoms with Crippen LogP contribution in [0.4, 0.5) is 5.69 Å². The average molecular weight is 429 g/mol. The molecule has 0 spiro atoms. The molecular weight excluding hydrogens is 410 g/mol. The lowest BCUT2D eigenvalue weighted by Crippen LogP contribution is -2.24. The minimum absolute atomic E-state index is 0.00715. The smallest absolute Gasteiger partial charge is 0.274 e. The number of ether oxygens (including phenoxy) is 1. The number of carbonyl (C=O) groups excluding carboxylic acids is 2. The van der Waals surface area contributed by atoms with Crippen LogP contribution in [0.25, 0.3) is 10.8 Å². The summed E-state index contributed by atoms with van der Waals surface area (Å²) in [6, 6.07) is 16.7. The van der Waals surface area contributed by atoms with Gasteiger partial charge in [-0.1, -0.05) is 24.3 Å². The zero-order chi connectivity index (χ0) is 22.7. The number of anilines is 1. The molecule has 0 aliphatic heterocycles. The van der Waals surface area contributed by atoms with Gasteiger partial charge in [-0.25, -0.2) is 9.67 Å². The number of fused-ring (bicyclic) bond motifs is 1. The first-order chi connectivity index (χ1) is 15.4. The normalized spacial score (nSPS) is 10.7.